The van der Waals surface area contributed by atoms with Crippen LogP contribution in [0, 0.1) is 0 Å². The highest BCUT2D eigenvalue weighted by atomic mass is 16.3. The minimum absolute atomic E-state index is 0.100. The Morgan fingerprint density at radius 1 is 1.33 bits per heavy atom. The van der Waals surface area contributed by atoms with Gasteiger partial charge in [0, 0.05) is 26.2 Å². The molecule has 0 spiro atoms. The molecule has 0 aromatic carbocycles. The molecule has 1 amide bonds. The van der Waals surface area contributed by atoms with Gasteiger partial charge in [0.25, 0.3) is 5.91 Å². The molecule has 15 heavy (non-hydrogen) atoms. The van der Waals surface area contributed by atoms with Crippen molar-refractivity contribution in [2.45, 2.75) is 38.7 Å². The van der Waals surface area contributed by atoms with Crippen molar-refractivity contribution in [3.8, 4) is 0 Å². The summed E-state index contributed by atoms with van der Waals surface area (Å²) >= 11 is 0. The van der Waals surface area contributed by atoms with Crippen molar-refractivity contribution < 1.29 is 9.90 Å². The van der Waals surface area contributed by atoms with E-state index in [1.807, 2.05) is 0 Å². The number of unbranched alkanes of at least 4 members (excludes halogenated alkanes) is 1. The monoisotopic (exact) mass is 214 g/mol. The fraction of sp³-hybridized carbons (Fsp3) is 0.909. The van der Waals surface area contributed by atoms with Crippen molar-refractivity contribution in [3.05, 3.63) is 0 Å². The van der Waals surface area contributed by atoms with Gasteiger partial charge < -0.3 is 15.3 Å². The van der Waals surface area contributed by atoms with E-state index in [2.05, 4.69) is 19.2 Å². The minimum Gasteiger partial charge on any atom is -0.377 e. The van der Waals surface area contributed by atoms with Crippen molar-refractivity contribution in [3.63, 3.8) is 0 Å². The lowest BCUT2D eigenvalue weighted by Crippen LogP contribution is -2.67. The number of carbonyl (C=O) groups is 1. The average Bonchev–Trinajstić information content (AvgIpc) is 2.19. The van der Waals surface area contributed by atoms with E-state index in [4.69, 9.17) is 0 Å². The molecule has 4 heteroatoms. The van der Waals surface area contributed by atoms with Gasteiger partial charge in [-0.2, -0.15) is 0 Å². The maximum atomic E-state index is 12.0. The smallest absolute Gasteiger partial charge is 0.257 e. The summed E-state index contributed by atoms with van der Waals surface area (Å²) in [4.78, 5) is 13.8. The van der Waals surface area contributed by atoms with E-state index in [1.165, 1.54) is 0 Å². The number of nitrogens with one attached hydrogen (secondary N) is 1. The van der Waals surface area contributed by atoms with E-state index >= 15 is 0 Å². The second-order valence-corrected chi connectivity index (χ2v) is 4.28. The molecule has 0 unspecified atom stereocenters. The Labute approximate surface area is 91.6 Å². The van der Waals surface area contributed by atoms with Gasteiger partial charge >= 0.3 is 0 Å². The summed E-state index contributed by atoms with van der Waals surface area (Å²) in [5.41, 5.74) is -1.12. The molecule has 0 atom stereocenters. The third-order valence-corrected chi connectivity index (χ3v) is 2.80. The molecule has 0 aromatic rings. The maximum absolute atomic E-state index is 12.0. The summed E-state index contributed by atoms with van der Waals surface area (Å²) in [6, 6.07) is 0. The number of hydrogen-bond donors (Lipinski definition) is 2. The second kappa shape index (κ2) is 5.47. The fourth-order valence-electron chi connectivity index (χ4n) is 1.74. The van der Waals surface area contributed by atoms with Gasteiger partial charge in [-0.1, -0.05) is 20.3 Å². The Balaban J connectivity index is 2.50. The Bertz CT molecular complexity index is 215. The molecule has 0 saturated carbocycles. The molecule has 1 aliphatic rings. The molecular weight excluding hydrogens is 192 g/mol. The zero-order valence-electron chi connectivity index (χ0n) is 9.75. The van der Waals surface area contributed by atoms with Crippen LogP contribution in [0.25, 0.3) is 0 Å². The van der Waals surface area contributed by atoms with Crippen LogP contribution in [0.4, 0.5) is 0 Å². The largest absolute Gasteiger partial charge is 0.377 e. The summed E-state index contributed by atoms with van der Waals surface area (Å²) in [6.45, 7) is 6.48. The highest BCUT2D eigenvalue weighted by Crippen LogP contribution is 2.15. The van der Waals surface area contributed by atoms with Gasteiger partial charge in [-0.15, -0.1) is 0 Å². The van der Waals surface area contributed by atoms with Gasteiger partial charge in [-0.3, -0.25) is 4.79 Å². The molecule has 1 aliphatic heterocycles. The molecule has 0 bridgehead atoms. The number of hydrogen-bond acceptors (Lipinski definition) is 3. The first-order valence-corrected chi connectivity index (χ1v) is 5.86. The molecule has 1 fully saturated rings. The van der Waals surface area contributed by atoms with Crippen LogP contribution >= 0.6 is 0 Å². The van der Waals surface area contributed by atoms with Crippen LogP contribution in [0.2, 0.25) is 0 Å². The lowest BCUT2D eigenvalue weighted by molar-refractivity contribution is -0.156. The molecule has 0 radical (unpaired) electrons. The third kappa shape index (κ3) is 2.92. The molecule has 88 valence electrons. The van der Waals surface area contributed by atoms with Gasteiger partial charge in [-0.25, -0.2) is 0 Å². The Kier molecular flexibility index (Phi) is 4.54. The van der Waals surface area contributed by atoms with Crippen molar-refractivity contribution in [2.24, 2.45) is 0 Å². The summed E-state index contributed by atoms with van der Waals surface area (Å²) in [5.74, 6) is -0.100. The number of rotatable bonds is 6. The van der Waals surface area contributed by atoms with Crippen molar-refractivity contribution in [1.29, 1.82) is 0 Å². The van der Waals surface area contributed by atoms with Crippen LogP contribution in [0.3, 0.4) is 0 Å². The predicted molar refractivity (Wildman–Crippen MR) is 59.6 cm³/mol. The van der Waals surface area contributed by atoms with Crippen LogP contribution in [0.5, 0.6) is 0 Å². The topological polar surface area (TPSA) is 52.6 Å². The number of nitrogens with zero attached hydrogens (tertiary/aromatic N) is 1. The van der Waals surface area contributed by atoms with E-state index < -0.39 is 5.60 Å². The average molecular weight is 214 g/mol. The second-order valence-electron chi connectivity index (χ2n) is 4.28. The van der Waals surface area contributed by atoms with Crippen LogP contribution in [-0.2, 0) is 4.79 Å². The molecule has 1 heterocycles. The standard InChI is InChI=1S/C11H22N2O2/c1-3-5-7-13(6-4-2)10(14)11(15)8-12-9-11/h12,15H,3-9H2,1-2H3. The molecule has 0 aromatic heterocycles. The lowest BCUT2D eigenvalue weighted by Gasteiger charge is -2.39. The molecular formula is C11H22N2O2. The van der Waals surface area contributed by atoms with Crippen LogP contribution in [0.15, 0.2) is 0 Å². The van der Waals surface area contributed by atoms with Crippen LogP contribution < -0.4 is 5.32 Å². The predicted octanol–water partition coefficient (Wildman–Crippen LogP) is 0.359. The highest BCUT2D eigenvalue weighted by molar-refractivity contribution is 5.86. The molecule has 1 rings (SSSR count). The first-order chi connectivity index (χ1) is 7.14. The molecule has 4 nitrogen and oxygen atoms in total. The first-order valence-electron chi connectivity index (χ1n) is 5.86. The SMILES string of the molecule is CCCCN(CCC)C(=O)C1(O)CNC1. The number of β-amino-alcohol motifs (C(OH)–C–C–N with tert-alkyl or cyclic N) is 1. The number of carbonyl (C=O) groups excluding carboxylic acids is 1. The van der Waals surface area contributed by atoms with Crippen molar-refractivity contribution in [2.75, 3.05) is 26.2 Å². The van der Waals surface area contributed by atoms with Crippen molar-refractivity contribution in [1.82, 2.24) is 10.2 Å². The third-order valence-electron chi connectivity index (χ3n) is 2.80. The first kappa shape index (κ1) is 12.5. The molecule has 1 saturated heterocycles. The van der Waals surface area contributed by atoms with E-state index in [1.54, 1.807) is 4.90 Å². The Morgan fingerprint density at radius 3 is 2.40 bits per heavy atom. The highest BCUT2D eigenvalue weighted by Gasteiger charge is 2.44. The van der Waals surface area contributed by atoms with E-state index in [0.29, 0.717) is 13.1 Å². The van der Waals surface area contributed by atoms with Gasteiger partial charge in [0.1, 0.15) is 0 Å². The molecule has 2 N–H and O–H groups in total. The van der Waals surface area contributed by atoms with Gasteiger partial charge in [0.05, 0.1) is 0 Å². The zero-order chi connectivity index (χ0) is 11.3. The summed E-state index contributed by atoms with van der Waals surface area (Å²) < 4.78 is 0. The fourth-order valence-corrected chi connectivity index (χ4v) is 1.74. The lowest BCUT2D eigenvalue weighted by atomic mass is 9.95. The van der Waals surface area contributed by atoms with Crippen molar-refractivity contribution >= 4 is 5.91 Å². The van der Waals surface area contributed by atoms with Gasteiger partial charge in [0.2, 0.25) is 0 Å². The maximum Gasteiger partial charge on any atom is 0.257 e. The number of aliphatic hydroxyl groups is 1. The minimum atomic E-state index is -1.12. The number of amides is 1. The Morgan fingerprint density at radius 2 is 2.00 bits per heavy atom. The zero-order valence-corrected chi connectivity index (χ0v) is 9.75. The summed E-state index contributed by atoms with van der Waals surface area (Å²) in [5, 5.41) is 12.9. The summed E-state index contributed by atoms with van der Waals surface area (Å²) in [6.07, 6.45) is 3.03. The quantitative estimate of drug-likeness (QED) is 0.671. The van der Waals surface area contributed by atoms with Gasteiger partial charge in [0.15, 0.2) is 5.60 Å². The normalized spacial score (nSPS) is 18.3. The van der Waals surface area contributed by atoms with Gasteiger partial charge in [-0.05, 0) is 12.8 Å². The molecule has 0 aliphatic carbocycles. The van der Waals surface area contributed by atoms with E-state index in [0.717, 1.165) is 32.4 Å². The summed E-state index contributed by atoms with van der Waals surface area (Å²) in [7, 11) is 0. The van der Waals surface area contributed by atoms with Crippen LogP contribution in [0.1, 0.15) is 33.1 Å². The van der Waals surface area contributed by atoms with E-state index in [9.17, 15) is 9.90 Å². The van der Waals surface area contributed by atoms with Crippen LogP contribution in [-0.4, -0.2) is 47.7 Å². The Hall–Kier alpha value is -0.610. The van der Waals surface area contributed by atoms with E-state index in [-0.39, 0.29) is 5.91 Å².